The number of nitrogens with zero attached hydrogens (tertiary/aromatic N) is 2. The molecule has 0 aliphatic rings. The minimum atomic E-state index is -0.337. The first-order valence-electron chi connectivity index (χ1n) is 5.06. The van der Waals surface area contributed by atoms with E-state index in [0.29, 0.717) is 5.69 Å². The smallest absolute Gasteiger partial charge is 0.291 e. The Labute approximate surface area is 103 Å². The van der Waals surface area contributed by atoms with Crippen LogP contribution in [0.25, 0.3) is 0 Å². The normalized spacial score (nSPS) is 10.6. The molecule has 0 bridgehead atoms. The zero-order chi connectivity index (χ0) is 12.6. The largest absolute Gasteiger partial charge is 0.440 e. The van der Waals surface area contributed by atoms with Crippen LogP contribution in [0.3, 0.4) is 0 Å². The van der Waals surface area contributed by atoms with Gasteiger partial charge in [0.25, 0.3) is 5.91 Å². The second-order valence-corrected chi connectivity index (χ2v) is 4.10. The molecule has 0 aliphatic carbocycles. The van der Waals surface area contributed by atoms with Crippen LogP contribution >= 0.6 is 11.6 Å². The third kappa shape index (κ3) is 2.19. The molecule has 0 fully saturated rings. The van der Waals surface area contributed by atoms with Gasteiger partial charge in [0.2, 0.25) is 0 Å². The lowest BCUT2D eigenvalue weighted by Gasteiger charge is -2.03. The summed E-state index contributed by atoms with van der Waals surface area (Å²) in [5.41, 5.74) is 2.34. The van der Waals surface area contributed by atoms with Crippen LogP contribution in [-0.2, 0) is 7.05 Å². The zero-order valence-electron chi connectivity index (χ0n) is 9.74. The van der Waals surface area contributed by atoms with Crippen LogP contribution in [0.4, 0.5) is 5.69 Å². The van der Waals surface area contributed by atoms with E-state index in [1.807, 2.05) is 20.9 Å². The molecule has 0 aliphatic heterocycles. The van der Waals surface area contributed by atoms with E-state index in [1.54, 1.807) is 4.68 Å². The van der Waals surface area contributed by atoms with Crippen molar-refractivity contribution < 1.29 is 9.21 Å². The molecule has 0 saturated heterocycles. The van der Waals surface area contributed by atoms with Crippen LogP contribution in [0.2, 0.25) is 5.22 Å². The van der Waals surface area contributed by atoms with Gasteiger partial charge in [-0.15, -0.1) is 0 Å². The molecule has 1 amide bonds. The first kappa shape index (κ1) is 11.7. The first-order valence-corrected chi connectivity index (χ1v) is 5.43. The Kier molecular flexibility index (Phi) is 2.93. The Balaban J connectivity index is 2.24. The van der Waals surface area contributed by atoms with Crippen LogP contribution in [-0.4, -0.2) is 15.7 Å². The first-order chi connectivity index (χ1) is 7.99. The summed E-state index contributed by atoms with van der Waals surface area (Å²) in [6, 6.07) is 3.05. The van der Waals surface area contributed by atoms with Crippen LogP contribution in [0.5, 0.6) is 0 Å². The fraction of sp³-hybridized carbons (Fsp3) is 0.273. The molecule has 1 N–H and O–H groups in total. The Morgan fingerprint density at radius 1 is 1.47 bits per heavy atom. The molecule has 0 atom stereocenters. The Morgan fingerprint density at radius 2 is 2.18 bits per heavy atom. The van der Waals surface area contributed by atoms with Gasteiger partial charge in [-0.3, -0.25) is 9.48 Å². The molecule has 90 valence electrons. The Morgan fingerprint density at radius 3 is 2.65 bits per heavy atom. The molecule has 0 saturated carbocycles. The number of nitrogens with one attached hydrogen (secondary N) is 1. The highest BCUT2D eigenvalue weighted by molar-refractivity contribution is 6.29. The summed E-state index contributed by atoms with van der Waals surface area (Å²) in [5.74, 6) is -0.159. The van der Waals surface area contributed by atoms with Gasteiger partial charge in [-0.25, -0.2) is 0 Å². The molecule has 2 aromatic rings. The maximum Gasteiger partial charge on any atom is 0.291 e. The van der Waals surface area contributed by atoms with E-state index in [-0.39, 0.29) is 16.9 Å². The lowest BCUT2D eigenvalue weighted by molar-refractivity contribution is 0.0996. The molecular weight excluding hydrogens is 242 g/mol. The third-order valence-electron chi connectivity index (χ3n) is 2.54. The summed E-state index contributed by atoms with van der Waals surface area (Å²) in [5, 5.41) is 7.15. The van der Waals surface area contributed by atoms with E-state index < -0.39 is 0 Å². The van der Waals surface area contributed by atoms with Crippen molar-refractivity contribution in [3.05, 3.63) is 34.5 Å². The number of halogens is 1. The highest BCUT2D eigenvalue weighted by Gasteiger charge is 2.16. The van der Waals surface area contributed by atoms with E-state index in [9.17, 15) is 4.79 Å². The molecule has 2 aromatic heterocycles. The molecule has 0 aromatic carbocycles. The molecule has 0 unspecified atom stereocenters. The maximum atomic E-state index is 11.8. The maximum absolute atomic E-state index is 11.8. The van der Waals surface area contributed by atoms with Gasteiger partial charge in [-0.1, -0.05) is 0 Å². The summed E-state index contributed by atoms with van der Waals surface area (Å²) >= 11 is 5.61. The van der Waals surface area contributed by atoms with Crippen molar-refractivity contribution in [3.8, 4) is 0 Å². The van der Waals surface area contributed by atoms with E-state index >= 15 is 0 Å². The SMILES string of the molecule is Cc1nn(C)c(C)c1NC(=O)c1ccc(Cl)o1. The van der Waals surface area contributed by atoms with Gasteiger partial charge >= 0.3 is 0 Å². The molecule has 5 nitrogen and oxygen atoms in total. The lowest BCUT2D eigenvalue weighted by Crippen LogP contribution is -2.12. The number of anilines is 1. The minimum absolute atomic E-state index is 0.178. The standard InChI is InChI=1S/C11H12ClN3O2/c1-6-10(7(2)15(3)14-6)13-11(16)8-4-5-9(12)17-8/h4-5H,1-3H3,(H,13,16). The number of aromatic nitrogens is 2. The quantitative estimate of drug-likeness (QED) is 0.895. The van der Waals surface area contributed by atoms with Gasteiger partial charge < -0.3 is 9.73 Å². The predicted molar refractivity (Wildman–Crippen MR) is 64.4 cm³/mol. The molecule has 2 rings (SSSR count). The highest BCUT2D eigenvalue weighted by atomic mass is 35.5. The number of aryl methyl sites for hydroxylation is 2. The van der Waals surface area contributed by atoms with Crippen molar-refractivity contribution in [3.63, 3.8) is 0 Å². The van der Waals surface area contributed by atoms with Crippen molar-refractivity contribution in [2.45, 2.75) is 13.8 Å². The number of furan rings is 1. The third-order valence-corrected chi connectivity index (χ3v) is 2.75. The topological polar surface area (TPSA) is 60.1 Å². The second kappa shape index (κ2) is 4.25. The van der Waals surface area contributed by atoms with E-state index in [4.69, 9.17) is 16.0 Å². The van der Waals surface area contributed by atoms with Gasteiger partial charge in [-0.05, 0) is 37.6 Å². The number of amides is 1. The zero-order valence-corrected chi connectivity index (χ0v) is 10.5. The number of carbonyl (C=O) groups is 1. The predicted octanol–water partition coefficient (Wildman–Crippen LogP) is 2.54. The van der Waals surface area contributed by atoms with E-state index in [2.05, 4.69) is 10.4 Å². The van der Waals surface area contributed by atoms with E-state index in [1.165, 1.54) is 12.1 Å². The van der Waals surface area contributed by atoms with Crippen LogP contribution in [0.1, 0.15) is 21.9 Å². The Bertz CT molecular complexity index is 571. The van der Waals surface area contributed by atoms with Crippen molar-refractivity contribution in [2.24, 2.45) is 7.05 Å². The van der Waals surface area contributed by atoms with Crippen LogP contribution < -0.4 is 5.32 Å². The summed E-state index contributed by atoms with van der Waals surface area (Å²) in [4.78, 5) is 11.8. The Hall–Kier alpha value is -1.75. The summed E-state index contributed by atoms with van der Waals surface area (Å²) < 4.78 is 6.74. The van der Waals surface area contributed by atoms with Gasteiger partial charge in [0.15, 0.2) is 11.0 Å². The fourth-order valence-corrected chi connectivity index (χ4v) is 1.71. The minimum Gasteiger partial charge on any atom is -0.440 e. The van der Waals surface area contributed by atoms with Crippen LogP contribution in [0.15, 0.2) is 16.5 Å². The molecule has 6 heteroatoms. The molecular formula is C11H12ClN3O2. The van der Waals surface area contributed by atoms with Gasteiger partial charge in [0.05, 0.1) is 17.1 Å². The van der Waals surface area contributed by atoms with Gasteiger partial charge in [-0.2, -0.15) is 5.10 Å². The van der Waals surface area contributed by atoms with Crippen molar-refractivity contribution in [2.75, 3.05) is 5.32 Å². The molecule has 17 heavy (non-hydrogen) atoms. The van der Waals surface area contributed by atoms with Crippen molar-refractivity contribution in [1.29, 1.82) is 0 Å². The summed E-state index contributed by atoms with van der Waals surface area (Å²) in [6.45, 7) is 3.71. The highest BCUT2D eigenvalue weighted by Crippen LogP contribution is 2.20. The monoisotopic (exact) mass is 253 g/mol. The number of rotatable bonds is 2. The van der Waals surface area contributed by atoms with Crippen LogP contribution in [0, 0.1) is 13.8 Å². The number of hydrogen-bond acceptors (Lipinski definition) is 3. The van der Waals surface area contributed by atoms with E-state index in [0.717, 1.165) is 11.4 Å². The van der Waals surface area contributed by atoms with Gasteiger partial charge in [0, 0.05) is 7.05 Å². The number of carbonyl (C=O) groups excluding carboxylic acids is 1. The molecule has 0 spiro atoms. The van der Waals surface area contributed by atoms with Crippen molar-refractivity contribution >= 4 is 23.2 Å². The molecule has 0 radical (unpaired) electrons. The lowest BCUT2D eigenvalue weighted by atomic mass is 10.3. The summed E-state index contributed by atoms with van der Waals surface area (Å²) in [7, 11) is 1.82. The average Bonchev–Trinajstić information content (AvgIpc) is 2.79. The van der Waals surface area contributed by atoms with Gasteiger partial charge in [0.1, 0.15) is 0 Å². The second-order valence-electron chi connectivity index (χ2n) is 3.73. The fourth-order valence-electron chi connectivity index (χ4n) is 1.57. The number of hydrogen-bond donors (Lipinski definition) is 1. The molecule has 2 heterocycles. The van der Waals surface area contributed by atoms with Crippen molar-refractivity contribution in [1.82, 2.24) is 9.78 Å². The average molecular weight is 254 g/mol. The summed E-state index contributed by atoms with van der Waals surface area (Å²) in [6.07, 6.45) is 0.